The summed E-state index contributed by atoms with van der Waals surface area (Å²) in [6.45, 7) is 0. The Morgan fingerprint density at radius 3 is 1.61 bits per heavy atom. The summed E-state index contributed by atoms with van der Waals surface area (Å²) in [6, 6.07) is 4.67. The van der Waals surface area contributed by atoms with E-state index in [-0.39, 0.29) is 0 Å². The summed E-state index contributed by atoms with van der Waals surface area (Å²) in [5.74, 6) is -8.19. The van der Waals surface area contributed by atoms with Gasteiger partial charge in [0.1, 0.15) is 15.7 Å². The molecular weight excluding hydrogens is 408 g/mol. The molecule has 0 atom stereocenters. The van der Waals surface area contributed by atoms with Gasteiger partial charge < -0.3 is 0 Å². The van der Waals surface area contributed by atoms with E-state index in [0.29, 0.717) is 0 Å². The van der Waals surface area contributed by atoms with Gasteiger partial charge in [0, 0.05) is 5.34 Å². The van der Waals surface area contributed by atoms with Crippen LogP contribution in [0.15, 0.2) is 24.3 Å². The zero-order valence-electron chi connectivity index (χ0n) is 13.4. The van der Waals surface area contributed by atoms with Gasteiger partial charge in [-0.15, -0.1) is 0 Å². The number of hydrogen-bond acceptors (Lipinski definition) is 5. The minimum atomic E-state index is -6.73. The monoisotopic (exact) mass is 413 g/mol. The molecule has 6 nitrogen and oxygen atoms in total. The second-order valence-electron chi connectivity index (χ2n) is 5.67. The van der Waals surface area contributed by atoms with Crippen molar-refractivity contribution in [1.29, 1.82) is 0 Å². The molecule has 1 heterocycles. The molecule has 0 aliphatic carbocycles. The van der Waals surface area contributed by atoms with Crippen LogP contribution >= 0.6 is 0 Å². The van der Waals surface area contributed by atoms with Crippen LogP contribution in [0.2, 0.25) is 0 Å². The van der Waals surface area contributed by atoms with Crippen molar-refractivity contribution in [2.24, 2.45) is 0 Å². The van der Waals surface area contributed by atoms with E-state index in [9.17, 15) is 40.0 Å². The summed E-state index contributed by atoms with van der Waals surface area (Å²) in [5, 5.41) is -8.48. The number of benzene rings is 1. The van der Waals surface area contributed by atoms with Crippen molar-refractivity contribution in [3.05, 3.63) is 35.4 Å². The third kappa shape index (κ3) is 3.15. The molecule has 0 N–H and O–H groups in total. The summed E-state index contributed by atoms with van der Waals surface area (Å²) in [4.78, 5) is 24.1. The third-order valence-corrected chi connectivity index (χ3v) is 4.75. The molecule has 8 radical (unpaired) electrons. The molecular formula is C12H4B4F5NO5S. The summed E-state index contributed by atoms with van der Waals surface area (Å²) in [6.07, 6.45) is 0. The molecule has 140 valence electrons. The van der Waals surface area contributed by atoms with Gasteiger partial charge in [-0.2, -0.15) is 21.6 Å². The lowest BCUT2D eigenvalue weighted by Crippen LogP contribution is -2.73. The van der Waals surface area contributed by atoms with Crippen LogP contribution in [0.5, 0.6) is 0 Å². The van der Waals surface area contributed by atoms with Gasteiger partial charge in [0.25, 0.3) is 17.7 Å². The molecule has 28 heavy (non-hydrogen) atoms. The highest BCUT2D eigenvalue weighted by Crippen LogP contribution is 2.43. The lowest BCUT2D eigenvalue weighted by molar-refractivity contribution is -0.124. The highest BCUT2D eigenvalue weighted by molar-refractivity contribution is 7.87. The van der Waals surface area contributed by atoms with Crippen LogP contribution in [0.4, 0.5) is 22.0 Å². The maximum Gasteiger partial charge on any atom is 0.523 e. The summed E-state index contributed by atoms with van der Waals surface area (Å²) < 4.78 is 91.8. The van der Waals surface area contributed by atoms with Crippen LogP contribution in [0.1, 0.15) is 20.7 Å². The second kappa shape index (κ2) is 6.34. The van der Waals surface area contributed by atoms with Crippen molar-refractivity contribution in [3.63, 3.8) is 0 Å². The van der Waals surface area contributed by atoms with E-state index in [1.807, 2.05) is 0 Å². The largest absolute Gasteiger partial charge is 0.523 e. The molecule has 16 heteroatoms. The molecule has 0 aromatic heterocycles. The predicted molar refractivity (Wildman–Crippen MR) is 86.4 cm³/mol. The number of rotatable bonds is 5. The van der Waals surface area contributed by atoms with Gasteiger partial charge in [-0.3, -0.25) is 18.7 Å². The lowest BCUT2D eigenvalue weighted by atomic mass is 9.46. The van der Waals surface area contributed by atoms with Gasteiger partial charge >= 0.3 is 15.6 Å². The number of imide groups is 1. The first-order valence-corrected chi connectivity index (χ1v) is 8.32. The van der Waals surface area contributed by atoms with Gasteiger partial charge in [-0.1, -0.05) is 12.1 Å². The van der Waals surface area contributed by atoms with Crippen molar-refractivity contribution in [2.45, 2.75) is 22.2 Å². The number of amides is 2. The molecule has 0 fully saturated rings. The molecule has 1 aliphatic rings. The average Bonchev–Trinajstić information content (AvgIpc) is 2.77. The Kier molecular flexibility index (Phi) is 5.09. The fraction of sp³-hybridized carbons (Fsp3) is 0.333. The highest BCUT2D eigenvalue weighted by atomic mass is 32.2. The van der Waals surface area contributed by atoms with Crippen LogP contribution in [0.3, 0.4) is 0 Å². The fourth-order valence-electron chi connectivity index (χ4n) is 2.26. The van der Waals surface area contributed by atoms with Crippen LogP contribution in [0, 0.1) is 0 Å². The van der Waals surface area contributed by atoms with Gasteiger partial charge in [-0.05, 0) is 12.1 Å². The van der Waals surface area contributed by atoms with Gasteiger partial charge in [0.15, 0.2) is 0 Å². The Bertz CT molecular complexity index is 915. The first kappa shape index (κ1) is 22.5. The number of carbonyl (C=O) groups excluding carboxylic acids is 2. The van der Waals surface area contributed by atoms with Crippen molar-refractivity contribution in [1.82, 2.24) is 4.90 Å². The van der Waals surface area contributed by atoms with Gasteiger partial charge in [0.2, 0.25) is 0 Å². The maximum absolute atomic E-state index is 14.7. The van der Waals surface area contributed by atoms with Crippen molar-refractivity contribution in [3.8, 4) is 0 Å². The second-order valence-corrected chi connectivity index (χ2v) is 7.21. The van der Waals surface area contributed by atoms with E-state index >= 15 is 0 Å². The Hall–Kier alpha value is -1.82. The minimum Gasteiger partial charge on any atom is -0.280 e. The van der Waals surface area contributed by atoms with E-state index in [4.69, 9.17) is 31.4 Å². The Balaban J connectivity index is 2.50. The SMILES string of the molecule is [B]C([B])(OS(=O)(=O)C(F)(F)F)C(F)(F)C([B])([B])N1C(=O)c2ccccc2C1=O. The first-order chi connectivity index (χ1) is 12.4. The molecule has 0 bridgehead atoms. The van der Waals surface area contributed by atoms with E-state index < -0.39 is 60.1 Å². The molecule has 1 aromatic rings. The molecule has 2 rings (SSSR count). The van der Waals surface area contributed by atoms with Crippen LogP contribution < -0.4 is 0 Å². The maximum atomic E-state index is 14.7. The molecule has 2 amide bonds. The lowest BCUT2D eigenvalue weighted by Gasteiger charge is -2.48. The van der Waals surface area contributed by atoms with Crippen LogP contribution in [-0.4, -0.2) is 78.7 Å². The number of nitrogens with zero attached hydrogens (tertiary/aromatic N) is 1. The standard InChI is InChI=1S/C12H4B4F5NO5S/c13-10(14,22-7(23)5-3-1-2-4-6(5)8(22)24)9(17,18)11(15,16)27-28(25,26)12(19,20)21/h1-4H. The number of halogens is 5. The average molecular weight is 412 g/mol. The Morgan fingerprint density at radius 1 is 0.857 bits per heavy atom. The summed E-state index contributed by atoms with van der Waals surface area (Å²) >= 11 is 0. The number of fused-ring (bicyclic) bond motifs is 1. The van der Waals surface area contributed by atoms with Gasteiger partial charge in [0.05, 0.1) is 32.2 Å². The summed E-state index contributed by atoms with van der Waals surface area (Å²) in [7, 11) is 13.1. The minimum absolute atomic E-state index is 0.396. The highest BCUT2D eigenvalue weighted by Gasteiger charge is 2.65. The third-order valence-electron chi connectivity index (χ3n) is 3.69. The molecule has 0 saturated carbocycles. The number of alkyl halides is 5. The van der Waals surface area contributed by atoms with E-state index in [0.717, 1.165) is 12.1 Å². The van der Waals surface area contributed by atoms with E-state index in [2.05, 4.69) is 4.18 Å². The molecule has 0 unspecified atom stereocenters. The van der Waals surface area contributed by atoms with Gasteiger partial charge in [-0.25, -0.2) is 8.78 Å². The van der Waals surface area contributed by atoms with Crippen molar-refractivity contribution >= 4 is 53.3 Å². The van der Waals surface area contributed by atoms with E-state index in [1.165, 1.54) is 12.1 Å². The number of hydrogen-bond donors (Lipinski definition) is 0. The predicted octanol–water partition coefficient (Wildman–Crippen LogP) is -0.234. The normalized spacial score (nSPS) is 16.4. The zero-order valence-corrected chi connectivity index (χ0v) is 14.2. The molecule has 0 spiro atoms. The number of carbonyl (C=O) groups is 2. The van der Waals surface area contributed by atoms with Crippen molar-refractivity contribution < 1.29 is 44.1 Å². The summed E-state index contributed by atoms with van der Waals surface area (Å²) in [5.41, 5.74) is -6.96. The molecule has 1 aliphatic heterocycles. The first-order valence-electron chi connectivity index (χ1n) is 6.91. The molecule has 0 saturated heterocycles. The zero-order chi connectivity index (χ0) is 21.9. The quantitative estimate of drug-likeness (QED) is 0.219. The van der Waals surface area contributed by atoms with E-state index in [1.54, 1.807) is 0 Å². The topological polar surface area (TPSA) is 80.8 Å². The Morgan fingerprint density at radius 2 is 1.25 bits per heavy atom. The van der Waals surface area contributed by atoms with Crippen molar-refractivity contribution in [2.75, 3.05) is 0 Å². The smallest absolute Gasteiger partial charge is 0.280 e. The molecule has 1 aromatic carbocycles. The fourth-order valence-corrected chi connectivity index (χ4v) is 2.82. The van der Waals surface area contributed by atoms with Crippen LogP contribution in [0.25, 0.3) is 0 Å². The van der Waals surface area contributed by atoms with Crippen LogP contribution in [-0.2, 0) is 14.3 Å². The Labute approximate surface area is 160 Å².